The number of alkyl halides is 3. The molecule has 0 radical (unpaired) electrons. The van der Waals surface area contributed by atoms with Gasteiger partial charge in [-0.15, -0.1) is 0 Å². The van der Waals surface area contributed by atoms with Crippen LogP contribution in [0.4, 0.5) is 13.2 Å². The van der Waals surface area contributed by atoms with Gasteiger partial charge in [0, 0.05) is 12.5 Å². The molecule has 1 N–H and O–H groups in total. The smallest absolute Gasteiger partial charge is 0.485 e. The summed E-state index contributed by atoms with van der Waals surface area (Å²) in [7, 11) is -6.09. The molecule has 0 amide bonds. The molecule has 0 saturated carbocycles. The first-order valence-electron chi connectivity index (χ1n) is 5.89. The standard InChI is InChI=1S/C10H17N.CHF3O3S/c1-3-6-10-7-5-9-11(10)8-4-2;2-1(3,4)8(5,6)7/h5,7,9H,3-4,6,8H2,1-2H3;(H,5,6,7). The molecule has 1 unspecified atom stereocenters. The molecule has 1 rings (SSSR count). The van der Waals surface area contributed by atoms with E-state index in [2.05, 4.69) is 32.2 Å². The van der Waals surface area contributed by atoms with Crippen molar-refractivity contribution in [1.82, 2.24) is 0 Å². The summed E-state index contributed by atoms with van der Waals surface area (Å²) in [5.74, 6) is 0. The van der Waals surface area contributed by atoms with Crippen molar-refractivity contribution in [3.8, 4) is 0 Å². The summed E-state index contributed by atoms with van der Waals surface area (Å²) in [6, 6.07) is 0. The van der Waals surface area contributed by atoms with Crippen LogP contribution in [0, 0.1) is 0 Å². The van der Waals surface area contributed by atoms with Crippen LogP contribution in [-0.2, 0) is 10.1 Å². The average molecular weight is 301 g/mol. The molecule has 8 heteroatoms. The second-order valence-corrected chi connectivity index (χ2v) is 5.35. The number of hydrogen-bond acceptors (Lipinski definition) is 3. The van der Waals surface area contributed by atoms with Crippen molar-refractivity contribution in [2.24, 2.45) is 0 Å². The van der Waals surface area contributed by atoms with E-state index >= 15 is 0 Å². The molecule has 0 aromatic heterocycles. The lowest BCUT2D eigenvalue weighted by Crippen LogP contribution is -3.04. The molecular formula is C11H18F3NO3S. The Morgan fingerprint density at radius 1 is 1.26 bits per heavy atom. The van der Waals surface area contributed by atoms with Gasteiger partial charge in [-0.3, -0.25) is 4.90 Å². The topological polar surface area (TPSA) is 61.6 Å². The van der Waals surface area contributed by atoms with E-state index in [1.54, 1.807) is 10.6 Å². The molecule has 4 nitrogen and oxygen atoms in total. The van der Waals surface area contributed by atoms with Gasteiger partial charge in [-0.1, -0.05) is 13.8 Å². The van der Waals surface area contributed by atoms with Crippen molar-refractivity contribution in [3.05, 3.63) is 24.0 Å². The monoisotopic (exact) mass is 301 g/mol. The lowest BCUT2D eigenvalue weighted by molar-refractivity contribution is -0.804. The zero-order valence-corrected chi connectivity index (χ0v) is 11.6. The molecule has 0 bridgehead atoms. The van der Waals surface area contributed by atoms with Gasteiger partial charge in [0.05, 0.1) is 12.7 Å². The summed E-state index contributed by atoms with van der Waals surface area (Å²) < 4.78 is 58.9. The highest BCUT2D eigenvalue weighted by Crippen LogP contribution is 2.20. The van der Waals surface area contributed by atoms with Crippen LogP contribution < -0.4 is 4.90 Å². The highest BCUT2D eigenvalue weighted by atomic mass is 32.2. The van der Waals surface area contributed by atoms with Crippen LogP contribution in [0.3, 0.4) is 0 Å². The maximum Gasteiger partial charge on any atom is 0.485 e. The van der Waals surface area contributed by atoms with Gasteiger partial charge in [0.1, 0.15) is 5.70 Å². The quantitative estimate of drug-likeness (QED) is 0.633. The van der Waals surface area contributed by atoms with Gasteiger partial charge in [-0.05, 0) is 18.9 Å². The summed E-state index contributed by atoms with van der Waals surface area (Å²) in [6.07, 6.45) is 10.5. The first kappa shape index (κ1) is 18.1. The average Bonchev–Trinajstić information content (AvgIpc) is 2.65. The third kappa shape index (κ3) is 6.74. The van der Waals surface area contributed by atoms with E-state index in [4.69, 9.17) is 13.0 Å². The van der Waals surface area contributed by atoms with Crippen LogP contribution in [0.1, 0.15) is 33.1 Å². The molecule has 1 heterocycles. The minimum Gasteiger partial charge on any atom is -0.741 e. The Bertz CT molecular complexity index is 427. The Morgan fingerprint density at radius 3 is 2.16 bits per heavy atom. The highest BCUT2D eigenvalue weighted by molar-refractivity contribution is 7.86. The highest BCUT2D eigenvalue weighted by Gasteiger charge is 2.36. The van der Waals surface area contributed by atoms with Gasteiger partial charge in [0.25, 0.3) is 0 Å². The van der Waals surface area contributed by atoms with Crippen molar-refractivity contribution in [2.45, 2.75) is 38.6 Å². The van der Waals surface area contributed by atoms with Crippen LogP contribution in [0.2, 0.25) is 0 Å². The maximum absolute atomic E-state index is 10.7. The summed E-state index contributed by atoms with van der Waals surface area (Å²) in [5.41, 5.74) is -4.08. The fourth-order valence-electron chi connectivity index (χ4n) is 1.52. The second-order valence-electron chi connectivity index (χ2n) is 3.98. The fraction of sp³-hybridized carbons (Fsp3) is 0.636. The van der Waals surface area contributed by atoms with E-state index in [0.717, 1.165) is 0 Å². The largest absolute Gasteiger partial charge is 0.741 e. The maximum atomic E-state index is 10.7. The Morgan fingerprint density at radius 2 is 1.79 bits per heavy atom. The fourth-order valence-corrected chi connectivity index (χ4v) is 1.52. The van der Waals surface area contributed by atoms with Gasteiger partial charge in [-0.2, -0.15) is 13.2 Å². The molecule has 1 aliphatic rings. The van der Waals surface area contributed by atoms with E-state index in [9.17, 15) is 13.2 Å². The third-order valence-electron chi connectivity index (χ3n) is 2.33. The molecule has 0 aromatic rings. The Balaban J connectivity index is 0.000000362. The number of quaternary nitrogens is 1. The predicted molar refractivity (Wildman–Crippen MR) is 64.0 cm³/mol. The van der Waals surface area contributed by atoms with E-state index in [1.807, 2.05) is 0 Å². The van der Waals surface area contributed by atoms with Crippen molar-refractivity contribution >= 4 is 10.1 Å². The molecule has 19 heavy (non-hydrogen) atoms. The lowest BCUT2D eigenvalue weighted by Gasteiger charge is -2.12. The lowest BCUT2D eigenvalue weighted by atomic mass is 10.2. The Labute approximate surface area is 111 Å². The number of nitrogens with one attached hydrogen (secondary N) is 1. The van der Waals surface area contributed by atoms with E-state index in [0.29, 0.717) is 0 Å². The van der Waals surface area contributed by atoms with Gasteiger partial charge in [0.15, 0.2) is 10.1 Å². The summed E-state index contributed by atoms with van der Waals surface area (Å²) >= 11 is 0. The molecule has 0 spiro atoms. The first-order valence-corrected chi connectivity index (χ1v) is 7.29. The van der Waals surface area contributed by atoms with Crippen LogP contribution in [0.25, 0.3) is 0 Å². The third-order valence-corrected chi connectivity index (χ3v) is 2.90. The summed E-state index contributed by atoms with van der Waals surface area (Å²) in [4.78, 5) is 1.56. The van der Waals surface area contributed by atoms with Gasteiger partial charge < -0.3 is 4.55 Å². The zero-order valence-electron chi connectivity index (χ0n) is 10.8. The number of hydrogen-bond donors (Lipinski definition) is 1. The molecule has 0 aliphatic carbocycles. The minimum atomic E-state index is -6.09. The van der Waals surface area contributed by atoms with Gasteiger partial charge in [0.2, 0.25) is 0 Å². The number of rotatable bonds is 4. The van der Waals surface area contributed by atoms with E-state index in [1.165, 1.54) is 25.8 Å². The minimum absolute atomic E-state index is 1.25. The Kier molecular flexibility index (Phi) is 7.32. The second kappa shape index (κ2) is 7.66. The van der Waals surface area contributed by atoms with Crippen LogP contribution >= 0.6 is 0 Å². The molecule has 0 aromatic carbocycles. The van der Waals surface area contributed by atoms with Crippen molar-refractivity contribution in [1.29, 1.82) is 0 Å². The molecule has 0 saturated heterocycles. The normalized spacial score (nSPS) is 18.8. The van der Waals surface area contributed by atoms with Crippen molar-refractivity contribution < 1.29 is 31.0 Å². The van der Waals surface area contributed by atoms with Crippen LogP contribution in [0.5, 0.6) is 0 Å². The molecule has 1 atom stereocenters. The molecule has 1 aliphatic heterocycles. The van der Waals surface area contributed by atoms with E-state index < -0.39 is 15.6 Å². The van der Waals surface area contributed by atoms with Crippen LogP contribution in [0.15, 0.2) is 24.0 Å². The van der Waals surface area contributed by atoms with Crippen molar-refractivity contribution in [2.75, 3.05) is 6.54 Å². The van der Waals surface area contributed by atoms with Gasteiger partial charge >= 0.3 is 5.51 Å². The molecular weight excluding hydrogens is 283 g/mol. The van der Waals surface area contributed by atoms with Crippen molar-refractivity contribution in [3.63, 3.8) is 0 Å². The van der Waals surface area contributed by atoms with E-state index in [-0.39, 0.29) is 0 Å². The van der Waals surface area contributed by atoms with Crippen LogP contribution in [-0.4, -0.2) is 25.0 Å². The summed E-state index contributed by atoms with van der Waals surface area (Å²) in [6.45, 7) is 5.73. The molecule has 112 valence electrons. The zero-order chi connectivity index (χ0) is 15.1. The summed E-state index contributed by atoms with van der Waals surface area (Å²) in [5, 5.41) is 0. The SMILES string of the molecule is CCCC1=CC=C[NH+]1CCC.O=S(=O)([O-])C(F)(F)F. The first-order chi connectivity index (χ1) is 8.63. The molecule has 0 fully saturated rings. The predicted octanol–water partition coefficient (Wildman–Crippen LogP) is 1.54. The number of allylic oxidation sites excluding steroid dienone is 3. The van der Waals surface area contributed by atoms with Gasteiger partial charge in [-0.25, -0.2) is 8.42 Å². The number of halogens is 3. The Hall–Kier alpha value is -0.860.